The van der Waals surface area contributed by atoms with E-state index in [4.69, 9.17) is 9.47 Å². The Morgan fingerprint density at radius 2 is 2.25 bits per heavy atom. The SMILES string of the molecule is COCCOCCCCNc1cc2n[nH]c(=O)n2cn1. The highest BCUT2D eigenvalue weighted by atomic mass is 16.5. The molecule has 0 fully saturated rings. The highest BCUT2D eigenvalue weighted by molar-refractivity contribution is 5.48. The smallest absolute Gasteiger partial charge is 0.348 e. The van der Waals surface area contributed by atoms with Crippen molar-refractivity contribution >= 4 is 11.5 Å². The fourth-order valence-corrected chi connectivity index (χ4v) is 1.70. The number of aromatic nitrogens is 4. The van der Waals surface area contributed by atoms with E-state index in [1.165, 1.54) is 10.7 Å². The van der Waals surface area contributed by atoms with E-state index in [-0.39, 0.29) is 5.69 Å². The Morgan fingerprint density at radius 3 is 3.10 bits per heavy atom. The number of nitrogens with one attached hydrogen (secondary N) is 2. The minimum atomic E-state index is -0.285. The van der Waals surface area contributed by atoms with Gasteiger partial charge in [0.1, 0.15) is 12.1 Å². The molecule has 0 spiro atoms. The summed E-state index contributed by atoms with van der Waals surface area (Å²) in [5.41, 5.74) is 0.266. The molecule has 0 saturated heterocycles. The molecule has 8 nitrogen and oxygen atoms in total. The van der Waals surface area contributed by atoms with Gasteiger partial charge in [-0.1, -0.05) is 0 Å². The van der Waals surface area contributed by atoms with E-state index in [2.05, 4.69) is 20.5 Å². The first-order chi connectivity index (χ1) is 9.81. The van der Waals surface area contributed by atoms with Gasteiger partial charge in [-0.05, 0) is 12.8 Å². The van der Waals surface area contributed by atoms with E-state index < -0.39 is 0 Å². The zero-order valence-electron chi connectivity index (χ0n) is 11.5. The second kappa shape index (κ2) is 7.61. The molecule has 0 unspecified atom stereocenters. The van der Waals surface area contributed by atoms with Crippen LogP contribution in [0.4, 0.5) is 5.82 Å². The van der Waals surface area contributed by atoms with Crippen molar-refractivity contribution in [1.29, 1.82) is 0 Å². The third-order valence-corrected chi connectivity index (χ3v) is 2.76. The average Bonchev–Trinajstić information content (AvgIpc) is 2.83. The molecule has 0 aliphatic rings. The molecule has 0 aromatic carbocycles. The second-order valence-electron chi connectivity index (χ2n) is 4.27. The van der Waals surface area contributed by atoms with E-state index in [0.29, 0.717) is 24.7 Å². The van der Waals surface area contributed by atoms with E-state index in [1.807, 2.05) is 0 Å². The zero-order chi connectivity index (χ0) is 14.2. The number of hydrogen-bond acceptors (Lipinski definition) is 6. The van der Waals surface area contributed by atoms with E-state index in [9.17, 15) is 4.79 Å². The minimum absolute atomic E-state index is 0.285. The van der Waals surface area contributed by atoms with Gasteiger partial charge < -0.3 is 14.8 Å². The van der Waals surface area contributed by atoms with Gasteiger partial charge in [0.2, 0.25) is 0 Å². The Labute approximate surface area is 116 Å². The number of nitrogens with zero attached hydrogens (tertiary/aromatic N) is 3. The number of ether oxygens (including phenoxy) is 2. The topological polar surface area (TPSA) is 93.5 Å². The molecular formula is C12H19N5O3. The minimum Gasteiger partial charge on any atom is -0.382 e. The molecule has 2 aromatic rings. The van der Waals surface area contributed by atoms with Crippen LogP contribution >= 0.6 is 0 Å². The molecule has 0 bridgehead atoms. The van der Waals surface area contributed by atoms with Crippen LogP contribution in [-0.4, -0.2) is 53.1 Å². The van der Waals surface area contributed by atoms with Crippen molar-refractivity contribution in [3.63, 3.8) is 0 Å². The number of hydrogen-bond donors (Lipinski definition) is 2. The number of methoxy groups -OCH3 is 1. The van der Waals surface area contributed by atoms with Crippen LogP contribution in [0.3, 0.4) is 0 Å². The molecule has 0 aliphatic carbocycles. The Hall–Kier alpha value is -1.93. The lowest BCUT2D eigenvalue weighted by atomic mass is 10.3. The third-order valence-electron chi connectivity index (χ3n) is 2.76. The summed E-state index contributed by atoms with van der Waals surface area (Å²) in [5, 5.41) is 9.43. The molecular weight excluding hydrogens is 262 g/mol. The summed E-state index contributed by atoms with van der Waals surface area (Å²) in [4.78, 5) is 15.4. The number of H-pyrrole nitrogens is 1. The van der Waals surface area contributed by atoms with E-state index in [0.717, 1.165) is 26.0 Å². The van der Waals surface area contributed by atoms with Crippen molar-refractivity contribution in [1.82, 2.24) is 19.6 Å². The largest absolute Gasteiger partial charge is 0.382 e. The van der Waals surface area contributed by atoms with Gasteiger partial charge in [0.15, 0.2) is 5.65 Å². The predicted molar refractivity (Wildman–Crippen MR) is 74.0 cm³/mol. The Morgan fingerprint density at radius 1 is 1.35 bits per heavy atom. The van der Waals surface area contributed by atoms with Crippen molar-refractivity contribution < 1.29 is 9.47 Å². The van der Waals surface area contributed by atoms with Crippen molar-refractivity contribution in [2.75, 3.05) is 38.8 Å². The first kappa shape index (κ1) is 14.5. The monoisotopic (exact) mass is 281 g/mol. The molecule has 0 atom stereocenters. The lowest BCUT2D eigenvalue weighted by Gasteiger charge is -2.06. The molecule has 0 aliphatic heterocycles. The van der Waals surface area contributed by atoms with Gasteiger partial charge in [0.25, 0.3) is 0 Å². The third kappa shape index (κ3) is 4.04. The van der Waals surface area contributed by atoms with Gasteiger partial charge in [-0.15, -0.1) is 0 Å². The summed E-state index contributed by atoms with van der Waals surface area (Å²) in [5.74, 6) is 0.705. The van der Waals surface area contributed by atoms with Crippen LogP contribution in [-0.2, 0) is 9.47 Å². The average molecular weight is 281 g/mol. The number of aromatic amines is 1. The van der Waals surface area contributed by atoms with Crippen LogP contribution in [0.2, 0.25) is 0 Å². The van der Waals surface area contributed by atoms with Gasteiger partial charge >= 0.3 is 5.69 Å². The van der Waals surface area contributed by atoms with Gasteiger partial charge in [-0.3, -0.25) is 0 Å². The van der Waals surface area contributed by atoms with Gasteiger partial charge in [-0.2, -0.15) is 5.10 Å². The first-order valence-electron chi connectivity index (χ1n) is 6.54. The van der Waals surface area contributed by atoms with Crippen LogP contribution < -0.4 is 11.0 Å². The van der Waals surface area contributed by atoms with Crippen LogP contribution in [0, 0.1) is 0 Å². The normalized spacial score (nSPS) is 11.1. The summed E-state index contributed by atoms with van der Waals surface area (Å²) >= 11 is 0. The van der Waals surface area contributed by atoms with E-state index >= 15 is 0 Å². The molecule has 0 radical (unpaired) electrons. The molecule has 2 N–H and O–H groups in total. The van der Waals surface area contributed by atoms with Crippen molar-refractivity contribution in [2.45, 2.75) is 12.8 Å². The molecule has 8 heteroatoms. The van der Waals surface area contributed by atoms with Crippen molar-refractivity contribution in [2.24, 2.45) is 0 Å². The maximum absolute atomic E-state index is 11.3. The maximum Gasteiger partial charge on any atom is 0.348 e. The molecule has 2 aromatic heterocycles. The highest BCUT2D eigenvalue weighted by Crippen LogP contribution is 2.04. The fourth-order valence-electron chi connectivity index (χ4n) is 1.70. The summed E-state index contributed by atoms with van der Waals surface area (Å²) in [6, 6.07) is 1.73. The Bertz CT molecular complexity index is 580. The van der Waals surface area contributed by atoms with Crippen LogP contribution in [0.5, 0.6) is 0 Å². The summed E-state index contributed by atoms with van der Waals surface area (Å²) in [6.45, 7) is 2.79. The second-order valence-corrected chi connectivity index (χ2v) is 4.27. The van der Waals surface area contributed by atoms with Crippen molar-refractivity contribution in [3.05, 3.63) is 22.9 Å². The number of rotatable bonds is 9. The summed E-state index contributed by atoms with van der Waals surface area (Å²) in [6.07, 6.45) is 3.41. The maximum atomic E-state index is 11.3. The molecule has 2 heterocycles. The zero-order valence-corrected chi connectivity index (χ0v) is 11.5. The Kier molecular flexibility index (Phi) is 5.51. The van der Waals surface area contributed by atoms with E-state index in [1.54, 1.807) is 13.2 Å². The predicted octanol–water partition coefficient (Wildman–Crippen LogP) is 0.273. The Balaban J connectivity index is 1.67. The standard InChI is InChI=1S/C12H19N5O3/c1-19-6-7-20-5-3-2-4-13-10-8-11-15-16-12(18)17(11)9-14-10/h8-9,13H,2-7H2,1H3,(H,16,18). The lowest BCUT2D eigenvalue weighted by Crippen LogP contribution is -2.11. The quantitative estimate of drug-likeness (QED) is 0.641. The number of unbranched alkanes of at least 4 members (excludes halogenated alkanes) is 1. The lowest BCUT2D eigenvalue weighted by molar-refractivity contribution is 0.0691. The molecule has 0 amide bonds. The van der Waals surface area contributed by atoms with Crippen LogP contribution in [0.1, 0.15) is 12.8 Å². The van der Waals surface area contributed by atoms with Crippen LogP contribution in [0.25, 0.3) is 5.65 Å². The summed E-state index contributed by atoms with van der Waals surface area (Å²) in [7, 11) is 1.66. The van der Waals surface area contributed by atoms with Crippen molar-refractivity contribution in [3.8, 4) is 0 Å². The molecule has 2 rings (SSSR count). The number of anilines is 1. The fraction of sp³-hybridized carbons (Fsp3) is 0.583. The van der Waals surface area contributed by atoms with Gasteiger partial charge in [-0.25, -0.2) is 19.3 Å². The highest BCUT2D eigenvalue weighted by Gasteiger charge is 2.01. The molecule has 110 valence electrons. The summed E-state index contributed by atoms with van der Waals surface area (Å²) < 4.78 is 11.6. The van der Waals surface area contributed by atoms with Crippen LogP contribution in [0.15, 0.2) is 17.2 Å². The molecule has 20 heavy (non-hydrogen) atoms. The van der Waals surface area contributed by atoms with Gasteiger partial charge in [0, 0.05) is 26.3 Å². The van der Waals surface area contributed by atoms with Gasteiger partial charge in [0.05, 0.1) is 13.2 Å². The number of fused-ring (bicyclic) bond motifs is 1. The molecule has 0 saturated carbocycles. The first-order valence-corrected chi connectivity index (χ1v) is 6.54.